The van der Waals surface area contributed by atoms with Crippen LogP contribution >= 0.6 is 0 Å². The molecular formula is C25H19NO2. The van der Waals surface area contributed by atoms with Gasteiger partial charge < -0.3 is 4.74 Å². The Morgan fingerprint density at radius 2 is 1.50 bits per heavy atom. The topological polar surface area (TPSA) is 50.1 Å². The van der Waals surface area contributed by atoms with Crippen LogP contribution in [0.3, 0.4) is 0 Å². The van der Waals surface area contributed by atoms with Crippen molar-refractivity contribution >= 4 is 5.97 Å². The first-order valence-corrected chi connectivity index (χ1v) is 9.56. The van der Waals surface area contributed by atoms with Gasteiger partial charge in [-0.15, -0.1) is 0 Å². The minimum atomic E-state index is -0.624. The smallest absolute Gasteiger partial charge is 0.338 e. The van der Waals surface area contributed by atoms with E-state index >= 15 is 0 Å². The molecule has 0 amide bonds. The van der Waals surface area contributed by atoms with Crippen LogP contribution in [0.25, 0.3) is 0 Å². The second kappa shape index (κ2) is 6.35. The number of nitriles is 1. The molecule has 3 aliphatic carbocycles. The Morgan fingerprint density at radius 1 is 0.929 bits per heavy atom. The molecule has 3 aliphatic rings. The highest BCUT2D eigenvalue weighted by atomic mass is 16.5. The number of nitrogens with zero attached hydrogens (tertiary/aromatic N) is 1. The van der Waals surface area contributed by atoms with Crippen molar-refractivity contribution in [3.8, 4) is 6.07 Å². The molecule has 28 heavy (non-hydrogen) atoms. The van der Waals surface area contributed by atoms with Crippen molar-refractivity contribution in [2.24, 2.45) is 5.92 Å². The molecule has 0 aromatic heterocycles. The average molecular weight is 365 g/mol. The van der Waals surface area contributed by atoms with Crippen LogP contribution in [0.5, 0.6) is 0 Å². The fraction of sp³-hybridized carbons (Fsp3) is 0.200. The van der Waals surface area contributed by atoms with E-state index < -0.39 is 5.41 Å². The van der Waals surface area contributed by atoms with Gasteiger partial charge in [0.1, 0.15) is 6.61 Å². The van der Waals surface area contributed by atoms with Crippen LogP contribution in [0, 0.1) is 17.2 Å². The molecule has 1 atom stereocenters. The Morgan fingerprint density at radius 3 is 2.11 bits per heavy atom. The molecule has 136 valence electrons. The summed E-state index contributed by atoms with van der Waals surface area (Å²) in [4.78, 5) is 12.7. The van der Waals surface area contributed by atoms with Crippen molar-refractivity contribution in [1.29, 1.82) is 5.26 Å². The summed E-state index contributed by atoms with van der Waals surface area (Å²) < 4.78 is 5.84. The standard InChI is InChI=1S/C25H19NO2/c26-15-18-14-21-19-10-4-6-12-22(19)25(18,23-13-7-5-11-20(21)23)16-28-24(27)17-8-2-1-3-9-17/h1-13,18,21H,14,16H2. The lowest BCUT2D eigenvalue weighted by atomic mass is 9.51. The number of carbonyl (C=O) groups excluding carboxylic acids is 1. The van der Waals surface area contributed by atoms with Crippen LogP contribution in [0.2, 0.25) is 0 Å². The summed E-state index contributed by atoms with van der Waals surface area (Å²) in [5.41, 5.74) is 4.65. The van der Waals surface area contributed by atoms with Gasteiger partial charge >= 0.3 is 5.97 Å². The van der Waals surface area contributed by atoms with Crippen molar-refractivity contribution in [1.82, 2.24) is 0 Å². The Kier molecular flexibility index (Phi) is 3.80. The predicted molar refractivity (Wildman–Crippen MR) is 106 cm³/mol. The lowest BCUT2D eigenvalue weighted by molar-refractivity contribution is 0.0371. The molecule has 2 bridgehead atoms. The first-order valence-electron chi connectivity index (χ1n) is 9.56. The van der Waals surface area contributed by atoms with Gasteiger partial charge in [-0.2, -0.15) is 5.26 Å². The number of rotatable bonds is 3. The molecule has 3 nitrogen and oxygen atoms in total. The zero-order valence-corrected chi connectivity index (χ0v) is 15.3. The van der Waals surface area contributed by atoms with Gasteiger partial charge in [0.05, 0.1) is 23.0 Å². The molecule has 6 rings (SSSR count). The highest BCUT2D eigenvalue weighted by Crippen LogP contribution is 2.58. The van der Waals surface area contributed by atoms with Crippen molar-refractivity contribution in [2.75, 3.05) is 6.61 Å². The molecule has 0 N–H and O–H groups in total. The van der Waals surface area contributed by atoms with Crippen LogP contribution in [-0.4, -0.2) is 12.6 Å². The molecule has 0 aliphatic heterocycles. The van der Waals surface area contributed by atoms with Gasteiger partial charge in [0.2, 0.25) is 0 Å². The number of esters is 1. The summed E-state index contributed by atoms with van der Waals surface area (Å²) in [6.07, 6.45) is 0.757. The Balaban J connectivity index is 1.63. The maximum atomic E-state index is 12.7. The summed E-state index contributed by atoms with van der Waals surface area (Å²) in [5.74, 6) is -0.357. The van der Waals surface area contributed by atoms with E-state index in [-0.39, 0.29) is 24.4 Å². The maximum absolute atomic E-state index is 12.7. The van der Waals surface area contributed by atoms with E-state index in [1.54, 1.807) is 12.1 Å². The summed E-state index contributed by atoms with van der Waals surface area (Å²) in [5, 5.41) is 10.0. The molecule has 0 fully saturated rings. The quantitative estimate of drug-likeness (QED) is 0.625. The van der Waals surface area contributed by atoms with Crippen molar-refractivity contribution < 1.29 is 9.53 Å². The SMILES string of the molecule is N#CC1CC2c3ccccc3C1(COC(=O)c1ccccc1)c1ccccc12. The number of carbonyl (C=O) groups is 1. The summed E-state index contributed by atoms with van der Waals surface area (Å²) >= 11 is 0. The highest BCUT2D eigenvalue weighted by Gasteiger charge is 2.55. The van der Waals surface area contributed by atoms with Crippen LogP contribution < -0.4 is 0 Å². The van der Waals surface area contributed by atoms with Gasteiger partial charge in [0, 0.05) is 5.92 Å². The van der Waals surface area contributed by atoms with Gasteiger partial charge in [0.15, 0.2) is 0 Å². The molecule has 3 aromatic rings. The Bertz CT molecular complexity index is 1050. The Hall–Kier alpha value is -3.38. The van der Waals surface area contributed by atoms with E-state index in [0.29, 0.717) is 5.56 Å². The normalized spacial score (nSPS) is 24.0. The average Bonchev–Trinajstić information content (AvgIpc) is 2.78. The number of hydrogen-bond donors (Lipinski definition) is 0. The molecule has 0 saturated heterocycles. The number of hydrogen-bond acceptors (Lipinski definition) is 3. The van der Waals surface area contributed by atoms with Crippen LogP contribution in [-0.2, 0) is 10.2 Å². The van der Waals surface area contributed by atoms with Crippen LogP contribution in [0.1, 0.15) is 45.0 Å². The van der Waals surface area contributed by atoms with Crippen LogP contribution in [0.15, 0.2) is 78.9 Å². The minimum absolute atomic E-state index is 0.166. The maximum Gasteiger partial charge on any atom is 0.338 e. The first-order chi connectivity index (χ1) is 13.8. The second-order valence-electron chi connectivity index (χ2n) is 7.56. The highest BCUT2D eigenvalue weighted by molar-refractivity contribution is 5.89. The Labute approximate surface area is 164 Å². The zero-order chi connectivity index (χ0) is 19.1. The van der Waals surface area contributed by atoms with E-state index in [4.69, 9.17) is 4.74 Å². The lowest BCUT2D eigenvalue weighted by Crippen LogP contribution is -2.50. The molecule has 0 heterocycles. The van der Waals surface area contributed by atoms with Gasteiger partial charge in [-0.05, 0) is 40.8 Å². The second-order valence-corrected chi connectivity index (χ2v) is 7.56. The van der Waals surface area contributed by atoms with E-state index in [1.165, 1.54) is 11.1 Å². The van der Waals surface area contributed by atoms with Gasteiger partial charge in [-0.25, -0.2) is 4.79 Å². The molecular weight excluding hydrogens is 346 g/mol. The summed E-state index contributed by atoms with van der Waals surface area (Å²) in [7, 11) is 0. The minimum Gasteiger partial charge on any atom is -0.461 e. The monoisotopic (exact) mass is 365 g/mol. The molecule has 0 saturated carbocycles. The summed E-state index contributed by atoms with van der Waals surface area (Å²) in [6.45, 7) is 0.166. The van der Waals surface area contributed by atoms with E-state index in [9.17, 15) is 10.1 Å². The third-order valence-electron chi connectivity index (χ3n) is 6.30. The number of fused-ring (bicyclic) bond motifs is 1. The van der Waals surface area contributed by atoms with E-state index in [2.05, 4.69) is 30.3 Å². The predicted octanol–water partition coefficient (Wildman–Crippen LogP) is 4.82. The zero-order valence-electron chi connectivity index (χ0n) is 15.3. The van der Waals surface area contributed by atoms with E-state index in [1.807, 2.05) is 42.5 Å². The summed E-state index contributed by atoms with van der Waals surface area (Å²) in [6, 6.07) is 28.2. The number of benzene rings is 3. The molecule has 1 unspecified atom stereocenters. The molecule has 3 aromatic carbocycles. The third-order valence-corrected chi connectivity index (χ3v) is 6.30. The van der Waals surface area contributed by atoms with Crippen molar-refractivity contribution in [2.45, 2.75) is 17.8 Å². The molecule has 0 radical (unpaired) electrons. The van der Waals surface area contributed by atoms with Crippen molar-refractivity contribution in [3.05, 3.63) is 107 Å². The first kappa shape index (κ1) is 16.8. The molecule has 0 spiro atoms. The van der Waals surface area contributed by atoms with Crippen LogP contribution in [0.4, 0.5) is 0 Å². The van der Waals surface area contributed by atoms with Gasteiger partial charge in [0.25, 0.3) is 0 Å². The van der Waals surface area contributed by atoms with Gasteiger partial charge in [-0.3, -0.25) is 0 Å². The van der Waals surface area contributed by atoms with Crippen molar-refractivity contribution in [3.63, 3.8) is 0 Å². The lowest BCUT2D eigenvalue weighted by Gasteiger charge is -2.51. The molecule has 3 heteroatoms. The third kappa shape index (κ3) is 2.25. The van der Waals surface area contributed by atoms with E-state index in [0.717, 1.165) is 17.5 Å². The fourth-order valence-corrected chi connectivity index (χ4v) is 5.05. The number of ether oxygens (including phenoxy) is 1. The fourth-order valence-electron chi connectivity index (χ4n) is 5.05. The largest absolute Gasteiger partial charge is 0.461 e. The van der Waals surface area contributed by atoms with Gasteiger partial charge in [-0.1, -0.05) is 66.7 Å².